The smallest absolute Gasteiger partial charge is 0.287 e. The molecule has 1 aromatic rings. The van der Waals surface area contributed by atoms with Crippen LogP contribution in [-0.2, 0) is 0 Å². The predicted molar refractivity (Wildman–Crippen MR) is 72.0 cm³/mol. The summed E-state index contributed by atoms with van der Waals surface area (Å²) in [6.07, 6.45) is 2.07. The Morgan fingerprint density at radius 1 is 1.61 bits per heavy atom. The highest BCUT2D eigenvalue weighted by Crippen LogP contribution is 2.15. The maximum atomic E-state index is 12.2. The zero-order valence-electron chi connectivity index (χ0n) is 10.4. The van der Waals surface area contributed by atoms with Gasteiger partial charge >= 0.3 is 0 Å². The Morgan fingerprint density at radius 3 is 2.72 bits per heavy atom. The van der Waals surface area contributed by atoms with Crippen molar-refractivity contribution in [2.24, 2.45) is 0 Å². The number of nitrogens with zero attached hydrogens (tertiary/aromatic N) is 2. The summed E-state index contributed by atoms with van der Waals surface area (Å²) in [6, 6.07) is 1.32. The number of H-pyrrole nitrogens is 1. The van der Waals surface area contributed by atoms with Crippen molar-refractivity contribution in [3.8, 4) is 0 Å². The summed E-state index contributed by atoms with van der Waals surface area (Å²) in [6.45, 7) is 4.46. The first-order chi connectivity index (χ1) is 8.47. The molecule has 0 aromatic carbocycles. The van der Waals surface area contributed by atoms with Crippen molar-refractivity contribution in [1.29, 1.82) is 0 Å². The number of hydrogen-bond donors (Lipinski definition) is 1. The second-order valence-corrected chi connectivity index (χ2v) is 4.96. The van der Waals surface area contributed by atoms with Gasteiger partial charge in [0.05, 0.1) is 11.1 Å². The van der Waals surface area contributed by atoms with E-state index in [1.165, 1.54) is 12.3 Å². The number of nitrogens with one attached hydrogen (secondary N) is 1. The minimum atomic E-state index is -0.522. The molecular formula is C11H16BrN3O3. The zero-order valence-corrected chi connectivity index (χ0v) is 11.9. The predicted octanol–water partition coefficient (Wildman–Crippen LogP) is 2.56. The third kappa shape index (κ3) is 3.56. The van der Waals surface area contributed by atoms with E-state index in [0.29, 0.717) is 6.54 Å². The first-order valence-electron chi connectivity index (χ1n) is 5.67. The first kappa shape index (κ1) is 14.7. The van der Waals surface area contributed by atoms with Gasteiger partial charge in [-0.15, -0.1) is 0 Å². The number of carbonyl (C=O) groups excluding carboxylic acids is 1. The van der Waals surface area contributed by atoms with E-state index in [4.69, 9.17) is 0 Å². The van der Waals surface area contributed by atoms with Gasteiger partial charge in [0.2, 0.25) is 0 Å². The van der Waals surface area contributed by atoms with Gasteiger partial charge in [0, 0.05) is 24.0 Å². The van der Waals surface area contributed by atoms with E-state index in [1.54, 1.807) is 4.90 Å². The molecule has 0 aliphatic carbocycles. The maximum absolute atomic E-state index is 12.2. The Balaban J connectivity index is 2.84. The number of carbonyl (C=O) groups is 1. The fourth-order valence-electron chi connectivity index (χ4n) is 1.59. The lowest BCUT2D eigenvalue weighted by Crippen LogP contribution is -2.38. The van der Waals surface area contributed by atoms with E-state index >= 15 is 0 Å². The lowest BCUT2D eigenvalue weighted by atomic mass is 10.2. The van der Waals surface area contributed by atoms with Gasteiger partial charge in [-0.1, -0.05) is 15.9 Å². The number of aromatic nitrogens is 1. The van der Waals surface area contributed by atoms with Crippen LogP contribution in [0.5, 0.6) is 0 Å². The molecular weight excluding hydrogens is 302 g/mol. The van der Waals surface area contributed by atoms with E-state index in [9.17, 15) is 14.9 Å². The quantitative estimate of drug-likeness (QED) is 0.497. The summed E-state index contributed by atoms with van der Waals surface area (Å²) < 4.78 is 0. The maximum Gasteiger partial charge on any atom is 0.287 e. The van der Waals surface area contributed by atoms with Crippen molar-refractivity contribution in [2.75, 3.05) is 11.9 Å². The summed E-state index contributed by atoms with van der Waals surface area (Å²) in [7, 11) is 0. The molecule has 0 saturated carbocycles. The molecule has 0 radical (unpaired) electrons. The van der Waals surface area contributed by atoms with Gasteiger partial charge < -0.3 is 9.88 Å². The number of alkyl halides is 1. The Morgan fingerprint density at radius 2 is 2.28 bits per heavy atom. The summed E-state index contributed by atoms with van der Waals surface area (Å²) in [4.78, 5) is 26.6. The summed E-state index contributed by atoms with van der Waals surface area (Å²) in [5, 5.41) is 11.4. The van der Waals surface area contributed by atoms with Crippen molar-refractivity contribution >= 4 is 27.5 Å². The average molecular weight is 318 g/mol. The normalized spacial score (nSPS) is 10.7. The number of hydrogen-bond acceptors (Lipinski definition) is 3. The number of rotatable bonds is 6. The number of aromatic amines is 1. The SMILES string of the molecule is CC(C)N(CCCBr)C(=O)c1cc([N+](=O)[O-])c[nH]1. The molecule has 0 aliphatic rings. The van der Waals surface area contributed by atoms with E-state index in [-0.39, 0.29) is 23.3 Å². The Bertz CT molecular complexity index is 431. The molecule has 0 spiro atoms. The van der Waals surface area contributed by atoms with Crippen LogP contribution in [0, 0.1) is 10.1 Å². The molecule has 1 N–H and O–H groups in total. The summed E-state index contributed by atoms with van der Waals surface area (Å²) in [5.74, 6) is -0.209. The van der Waals surface area contributed by atoms with E-state index in [2.05, 4.69) is 20.9 Å². The van der Waals surface area contributed by atoms with Crippen LogP contribution < -0.4 is 0 Å². The van der Waals surface area contributed by atoms with Gasteiger partial charge in [0.15, 0.2) is 0 Å². The molecule has 0 unspecified atom stereocenters. The highest BCUT2D eigenvalue weighted by atomic mass is 79.9. The lowest BCUT2D eigenvalue weighted by Gasteiger charge is -2.25. The molecule has 1 rings (SSSR count). The van der Waals surface area contributed by atoms with Crippen LogP contribution in [0.4, 0.5) is 5.69 Å². The number of halogens is 1. The molecule has 18 heavy (non-hydrogen) atoms. The Hall–Kier alpha value is -1.37. The summed E-state index contributed by atoms with van der Waals surface area (Å²) >= 11 is 3.32. The Labute approximate surface area is 114 Å². The van der Waals surface area contributed by atoms with Crippen molar-refractivity contribution < 1.29 is 9.72 Å². The molecule has 1 amide bonds. The highest BCUT2D eigenvalue weighted by molar-refractivity contribution is 9.09. The van der Waals surface area contributed by atoms with E-state index < -0.39 is 4.92 Å². The highest BCUT2D eigenvalue weighted by Gasteiger charge is 2.21. The third-order valence-electron chi connectivity index (χ3n) is 2.53. The molecule has 1 heterocycles. The molecule has 0 bridgehead atoms. The van der Waals surface area contributed by atoms with Crippen LogP contribution in [-0.4, -0.2) is 38.6 Å². The molecule has 1 aromatic heterocycles. The molecule has 7 heteroatoms. The van der Waals surface area contributed by atoms with Crippen molar-refractivity contribution in [3.05, 3.63) is 28.1 Å². The average Bonchev–Trinajstić information content (AvgIpc) is 2.78. The second-order valence-electron chi connectivity index (χ2n) is 4.16. The van der Waals surface area contributed by atoms with Crippen LogP contribution >= 0.6 is 15.9 Å². The number of amides is 1. The van der Waals surface area contributed by atoms with Crippen molar-refractivity contribution in [3.63, 3.8) is 0 Å². The van der Waals surface area contributed by atoms with Gasteiger partial charge in [-0.05, 0) is 20.3 Å². The molecule has 100 valence electrons. The minimum absolute atomic E-state index is 0.0545. The van der Waals surface area contributed by atoms with Gasteiger partial charge in [0.25, 0.3) is 11.6 Å². The van der Waals surface area contributed by atoms with Crippen LogP contribution in [0.25, 0.3) is 0 Å². The topological polar surface area (TPSA) is 79.2 Å². The molecule has 0 saturated heterocycles. The first-order valence-corrected chi connectivity index (χ1v) is 6.79. The van der Waals surface area contributed by atoms with Crippen molar-refractivity contribution in [1.82, 2.24) is 9.88 Å². The van der Waals surface area contributed by atoms with Gasteiger partial charge in [-0.2, -0.15) is 0 Å². The van der Waals surface area contributed by atoms with Crippen molar-refractivity contribution in [2.45, 2.75) is 26.3 Å². The standard InChI is InChI=1S/C11H16BrN3O3/c1-8(2)14(5-3-4-12)11(16)10-6-9(7-13-10)15(17)18/h6-8,13H,3-5H2,1-2H3. The molecule has 6 nitrogen and oxygen atoms in total. The fourth-order valence-corrected chi connectivity index (χ4v) is 1.84. The summed E-state index contributed by atoms with van der Waals surface area (Å²) in [5.41, 5.74) is 0.160. The molecule has 0 aliphatic heterocycles. The van der Waals surface area contributed by atoms with Crippen LogP contribution in [0.15, 0.2) is 12.3 Å². The fraction of sp³-hybridized carbons (Fsp3) is 0.545. The Kier molecular flexibility index (Phi) is 5.33. The van der Waals surface area contributed by atoms with Gasteiger partial charge in [0.1, 0.15) is 5.69 Å². The van der Waals surface area contributed by atoms with Crippen LogP contribution in [0.1, 0.15) is 30.8 Å². The minimum Gasteiger partial charge on any atom is -0.351 e. The monoisotopic (exact) mass is 317 g/mol. The third-order valence-corrected chi connectivity index (χ3v) is 3.09. The molecule has 0 atom stereocenters. The lowest BCUT2D eigenvalue weighted by molar-refractivity contribution is -0.384. The van der Waals surface area contributed by atoms with E-state index in [0.717, 1.165) is 11.8 Å². The molecule has 0 fully saturated rings. The largest absolute Gasteiger partial charge is 0.351 e. The van der Waals surface area contributed by atoms with Gasteiger partial charge in [-0.3, -0.25) is 14.9 Å². The van der Waals surface area contributed by atoms with Crippen LogP contribution in [0.3, 0.4) is 0 Å². The van der Waals surface area contributed by atoms with E-state index in [1.807, 2.05) is 13.8 Å². The second kappa shape index (κ2) is 6.53. The number of nitro groups is 1. The van der Waals surface area contributed by atoms with Crippen LogP contribution in [0.2, 0.25) is 0 Å². The van der Waals surface area contributed by atoms with Gasteiger partial charge in [-0.25, -0.2) is 0 Å². The zero-order chi connectivity index (χ0) is 13.7.